The first kappa shape index (κ1) is 20.9. The molecule has 1 saturated heterocycles. The van der Waals surface area contributed by atoms with Gasteiger partial charge in [0.05, 0.1) is 11.4 Å². The number of hydrogen-bond acceptors (Lipinski definition) is 3. The second-order valence-electron chi connectivity index (χ2n) is 7.92. The molecular formula is C22H30N2O3S. The van der Waals surface area contributed by atoms with E-state index in [1.807, 2.05) is 6.92 Å². The molecule has 0 spiro atoms. The summed E-state index contributed by atoms with van der Waals surface area (Å²) in [6.07, 6.45) is 13.6. The average Bonchev–Trinajstić information content (AvgIpc) is 2.72. The van der Waals surface area contributed by atoms with Gasteiger partial charge in [-0.05, 0) is 50.8 Å². The number of carbonyl (C=O) groups is 1. The monoisotopic (exact) mass is 402 g/mol. The number of terminal acetylenes is 1. The van der Waals surface area contributed by atoms with Crippen LogP contribution in [0.4, 0.5) is 0 Å². The Balaban J connectivity index is 1.87. The number of hydrogen-bond donors (Lipinski definition) is 0. The molecule has 3 rings (SSSR count). The molecule has 1 unspecified atom stereocenters. The molecule has 5 nitrogen and oxygen atoms in total. The molecule has 1 aliphatic carbocycles. The Bertz CT molecular complexity index is 838. The van der Waals surface area contributed by atoms with Gasteiger partial charge in [-0.15, -0.1) is 6.42 Å². The number of rotatable bonds is 5. The van der Waals surface area contributed by atoms with Crippen LogP contribution in [0, 0.1) is 12.3 Å². The molecule has 2 fully saturated rings. The lowest BCUT2D eigenvalue weighted by atomic mass is 9.93. The van der Waals surface area contributed by atoms with Crippen molar-refractivity contribution in [3.63, 3.8) is 0 Å². The molecule has 0 aromatic heterocycles. The van der Waals surface area contributed by atoms with E-state index in [0.717, 1.165) is 44.9 Å². The highest BCUT2D eigenvalue weighted by Crippen LogP contribution is 2.27. The summed E-state index contributed by atoms with van der Waals surface area (Å²) in [5.74, 6) is 2.42. The van der Waals surface area contributed by atoms with Gasteiger partial charge in [-0.25, -0.2) is 8.42 Å². The van der Waals surface area contributed by atoms with Crippen molar-refractivity contribution in [1.82, 2.24) is 9.21 Å². The van der Waals surface area contributed by atoms with Gasteiger partial charge in [0.15, 0.2) is 0 Å². The molecule has 1 heterocycles. The first-order valence-electron chi connectivity index (χ1n) is 10.3. The molecule has 0 bridgehead atoms. The molecule has 0 radical (unpaired) electrons. The van der Waals surface area contributed by atoms with E-state index < -0.39 is 10.0 Å². The minimum atomic E-state index is -3.61. The lowest BCUT2D eigenvalue weighted by Gasteiger charge is -2.34. The van der Waals surface area contributed by atoms with Gasteiger partial charge in [0, 0.05) is 24.2 Å². The smallest absolute Gasteiger partial charge is 0.254 e. The van der Waals surface area contributed by atoms with E-state index >= 15 is 0 Å². The lowest BCUT2D eigenvalue weighted by Crippen LogP contribution is -2.42. The molecule has 2 aliphatic rings. The van der Waals surface area contributed by atoms with E-state index in [4.69, 9.17) is 6.42 Å². The zero-order valence-electron chi connectivity index (χ0n) is 16.6. The molecule has 1 aromatic rings. The molecule has 1 aliphatic heterocycles. The van der Waals surface area contributed by atoms with E-state index in [0.29, 0.717) is 12.1 Å². The van der Waals surface area contributed by atoms with Crippen molar-refractivity contribution in [2.75, 3.05) is 13.1 Å². The molecule has 0 N–H and O–H groups in total. The standard InChI is InChI=1S/C22H30N2O3S/c1-3-15-23(20-12-5-4-6-13-20)22(25)19-11-9-14-21(17-19)28(26,27)24-16-8-7-10-18(24)2/h1,9,11,14,17-18,20H,4-8,10,12-13,15-16H2,2H3. The van der Waals surface area contributed by atoms with Crippen molar-refractivity contribution in [3.8, 4) is 12.3 Å². The maximum Gasteiger partial charge on any atom is 0.254 e. The van der Waals surface area contributed by atoms with Crippen molar-refractivity contribution in [1.29, 1.82) is 0 Å². The van der Waals surface area contributed by atoms with Crippen LogP contribution in [0.5, 0.6) is 0 Å². The van der Waals surface area contributed by atoms with Crippen molar-refractivity contribution >= 4 is 15.9 Å². The Morgan fingerprint density at radius 3 is 2.57 bits per heavy atom. The van der Waals surface area contributed by atoms with Gasteiger partial charge < -0.3 is 4.90 Å². The molecule has 1 atom stereocenters. The fourth-order valence-electron chi connectivity index (χ4n) is 4.38. The molecule has 6 heteroatoms. The topological polar surface area (TPSA) is 57.7 Å². The largest absolute Gasteiger partial charge is 0.325 e. The summed E-state index contributed by atoms with van der Waals surface area (Å²) in [4.78, 5) is 15.1. The number of nitrogens with zero attached hydrogens (tertiary/aromatic N) is 2. The van der Waals surface area contributed by atoms with Crippen molar-refractivity contribution in [2.45, 2.75) is 75.3 Å². The number of amides is 1. The first-order valence-corrected chi connectivity index (χ1v) is 11.8. The van der Waals surface area contributed by atoms with Crippen LogP contribution in [0.25, 0.3) is 0 Å². The van der Waals surface area contributed by atoms with Crippen LogP contribution in [-0.4, -0.2) is 48.7 Å². The molecule has 1 aromatic carbocycles. The van der Waals surface area contributed by atoms with E-state index in [1.165, 1.54) is 12.5 Å². The number of benzene rings is 1. The SMILES string of the molecule is C#CCN(C(=O)c1cccc(S(=O)(=O)N2CCCCC2C)c1)C1CCCCC1. The number of sulfonamides is 1. The second-order valence-corrected chi connectivity index (χ2v) is 9.81. The summed E-state index contributed by atoms with van der Waals surface area (Å²) in [6, 6.07) is 6.57. The van der Waals surface area contributed by atoms with E-state index in [9.17, 15) is 13.2 Å². The second kappa shape index (κ2) is 9.11. The summed E-state index contributed by atoms with van der Waals surface area (Å²) in [7, 11) is -3.61. The Kier molecular flexibility index (Phi) is 6.79. The molecule has 28 heavy (non-hydrogen) atoms. The summed E-state index contributed by atoms with van der Waals surface area (Å²) in [6.45, 7) is 2.74. The zero-order chi connectivity index (χ0) is 20.1. The minimum absolute atomic E-state index is 0.0155. The fourth-order valence-corrected chi connectivity index (χ4v) is 6.12. The molecule has 1 saturated carbocycles. The van der Waals surface area contributed by atoms with Crippen molar-refractivity contribution < 1.29 is 13.2 Å². The average molecular weight is 403 g/mol. The van der Waals surface area contributed by atoms with Crippen LogP contribution in [0.3, 0.4) is 0 Å². The normalized spacial score (nSPS) is 21.8. The Labute approximate surface area is 169 Å². The quantitative estimate of drug-likeness (QED) is 0.706. The van der Waals surface area contributed by atoms with Crippen LogP contribution >= 0.6 is 0 Å². The van der Waals surface area contributed by atoms with E-state index in [1.54, 1.807) is 27.4 Å². The zero-order valence-corrected chi connectivity index (χ0v) is 17.5. The van der Waals surface area contributed by atoms with Crippen LogP contribution in [0.2, 0.25) is 0 Å². The minimum Gasteiger partial charge on any atom is -0.325 e. The van der Waals surface area contributed by atoms with Gasteiger partial charge in [0.25, 0.3) is 5.91 Å². The molecular weight excluding hydrogens is 372 g/mol. The first-order chi connectivity index (χ1) is 13.4. The van der Waals surface area contributed by atoms with Gasteiger partial charge in [0.2, 0.25) is 10.0 Å². The van der Waals surface area contributed by atoms with Gasteiger partial charge in [-0.1, -0.05) is 37.7 Å². The summed E-state index contributed by atoms with van der Waals surface area (Å²) >= 11 is 0. The summed E-state index contributed by atoms with van der Waals surface area (Å²) in [5.41, 5.74) is 0.395. The van der Waals surface area contributed by atoms with Gasteiger partial charge in [-0.3, -0.25) is 4.79 Å². The predicted molar refractivity (Wildman–Crippen MR) is 110 cm³/mol. The summed E-state index contributed by atoms with van der Waals surface area (Å²) in [5, 5.41) is 0. The van der Waals surface area contributed by atoms with Crippen LogP contribution in [0.15, 0.2) is 29.2 Å². The van der Waals surface area contributed by atoms with Gasteiger partial charge >= 0.3 is 0 Å². The Hall–Kier alpha value is -1.84. The summed E-state index contributed by atoms with van der Waals surface area (Å²) < 4.78 is 27.8. The van der Waals surface area contributed by atoms with Gasteiger partial charge in [-0.2, -0.15) is 4.31 Å². The third-order valence-corrected chi connectivity index (χ3v) is 7.98. The van der Waals surface area contributed by atoms with Crippen molar-refractivity contribution in [3.05, 3.63) is 29.8 Å². The Morgan fingerprint density at radius 2 is 1.89 bits per heavy atom. The van der Waals surface area contributed by atoms with Crippen LogP contribution in [0.1, 0.15) is 68.6 Å². The van der Waals surface area contributed by atoms with Crippen LogP contribution < -0.4 is 0 Å². The maximum atomic E-state index is 13.2. The third-order valence-electron chi connectivity index (χ3n) is 5.97. The number of piperidine rings is 1. The van der Waals surface area contributed by atoms with Crippen molar-refractivity contribution in [2.24, 2.45) is 0 Å². The lowest BCUT2D eigenvalue weighted by molar-refractivity contribution is 0.0667. The van der Waals surface area contributed by atoms with Crippen LogP contribution in [-0.2, 0) is 10.0 Å². The predicted octanol–water partition coefficient (Wildman–Crippen LogP) is 3.66. The maximum absolute atomic E-state index is 13.2. The highest BCUT2D eigenvalue weighted by molar-refractivity contribution is 7.89. The van der Waals surface area contributed by atoms with E-state index in [2.05, 4.69) is 5.92 Å². The molecule has 1 amide bonds. The highest BCUT2D eigenvalue weighted by Gasteiger charge is 2.32. The Morgan fingerprint density at radius 1 is 1.18 bits per heavy atom. The third kappa shape index (κ3) is 4.42. The highest BCUT2D eigenvalue weighted by atomic mass is 32.2. The molecule has 152 valence electrons. The van der Waals surface area contributed by atoms with E-state index in [-0.39, 0.29) is 29.4 Å². The number of carbonyl (C=O) groups excluding carboxylic acids is 1. The fraction of sp³-hybridized carbons (Fsp3) is 0.591. The van der Waals surface area contributed by atoms with Gasteiger partial charge in [0.1, 0.15) is 0 Å².